The third kappa shape index (κ3) is 5.03. The highest BCUT2D eigenvalue weighted by Crippen LogP contribution is 2.31. The molecule has 1 saturated heterocycles. The van der Waals surface area contributed by atoms with Crippen LogP contribution in [0.4, 0.5) is 18.9 Å². The third-order valence-corrected chi connectivity index (χ3v) is 4.32. The summed E-state index contributed by atoms with van der Waals surface area (Å²) in [5, 5.41) is 2.65. The van der Waals surface area contributed by atoms with Gasteiger partial charge in [-0.2, -0.15) is 13.2 Å². The number of amides is 2. The molecule has 1 heterocycles. The molecule has 2 aromatic rings. The normalized spacial score (nSPS) is 14.2. The number of rotatable bonds is 6. The van der Waals surface area contributed by atoms with Gasteiger partial charge in [0.1, 0.15) is 5.75 Å². The molecule has 2 amide bonds. The van der Waals surface area contributed by atoms with Gasteiger partial charge in [-0.1, -0.05) is 18.2 Å². The van der Waals surface area contributed by atoms with Crippen molar-refractivity contribution >= 4 is 17.5 Å². The van der Waals surface area contributed by atoms with Crippen LogP contribution in [0.1, 0.15) is 24.0 Å². The summed E-state index contributed by atoms with van der Waals surface area (Å²) < 4.78 is 43.2. The lowest BCUT2D eigenvalue weighted by Gasteiger charge is -2.16. The van der Waals surface area contributed by atoms with Crippen LogP contribution >= 0.6 is 0 Å². The van der Waals surface area contributed by atoms with Crippen molar-refractivity contribution in [3.05, 3.63) is 59.7 Å². The number of hydrogen-bond acceptors (Lipinski definition) is 3. The van der Waals surface area contributed by atoms with Crippen molar-refractivity contribution < 1.29 is 27.5 Å². The molecule has 1 N–H and O–H groups in total. The lowest BCUT2D eigenvalue weighted by Crippen LogP contribution is -2.28. The Morgan fingerprint density at radius 3 is 2.64 bits per heavy atom. The number of halogens is 3. The molecule has 28 heavy (non-hydrogen) atoms. The van der Waals surface area contributed by atoms with Crippen LogP contribution in [-0.4, -0.2) is 25.0 Å². The van der Waals surface area contributed by atoms with Crippen molar-refractivity contribution in [2.45, 2.75) is 25.6 Å². The standard InChI is InChI=1S/C20H19F3N2O3/c21-20(22,23)15-5-2-7-17(11-15)28-13-18(26)24-12-14-4-1-6-16(10-14)25-9-3-8-19(25)27/h1-2,4-7,10-11H,3,8-9,12-13H2,(H,24,26). The number of benzene rings is 2. The zero-order valence-electron chi connectivity index (χ0n) is 15.0. The Morgan fingerprint density at radius 1 is 1.14 bits per heavy atom. The highest BCUT2D eigenvalue weighted by atomic mass is 19.4. The van der Waals surface area contributed by atoms with E-state index in [2.05, 4.69) is 5.32 Å². The zero-order valence-corrected chi connectivity index (χ0v) is 15.0. The molecule has 0 unspecified atom stereocenters. The van der Waals surface area contributed by atoms with Crippen LogP contribution in [0.5, 0.6) is 5.75 Å². The monoisotopic (exact) mass is 392 g/mol. The SMILES string of the molecule is O=C(COc1cccc(C(F)(F)F)c1)NCc1cccc(N2CCCC2=O)c1. The van der Waals surface area contributed by atoms with Gasteiger partial charge in [-0.15, -0.1) is 0 Å². The summed E-state index contributed by atoms with van der Waals surface area (Å²) in [6, 6.07) is 11.7. The van der Waals surface area contributed by atoms with Gasteiger partial charge in [-0.05, 0) is 42.3 Å². The molecule has 1 aliphatic heterocycles. The van der Waals surface area contributed by atoms with Gasteiger partial charge in [-0.3, -0.25) is 9.59 Å². The van der Waals surface area contributed by atoms with Crippen molar-refractivity contribution in [2.24, 2.45) is 0 Å². The van der Waals surface area contributed by atoms with E-state index in [1.54, 1.807) is 4.90 Å². The van der Waals surface area contributed by atoms with Gasteiger partial charge >= 0.3 is 6.18 Å². The second-order valence-corrected chi connectivity index (χ2v) is 6.41. The molecule has 1 aliphatic rings. The lowest BCUT2D eigenvalue weighted by molar-refractivity contribution is -0.137. The zero-order chi connectivity index (χ0) is 20.1. The Labute approximate surface area is 160 Å². The Kier molecular flexibility index (Phi) is 5.87. The minimum absolute atomic E-state index is 0.0282. The maximum absolute atomic E-state index is 12.7. The van der Waals surface area contributed by atoms with Crippen molar-refractivity contribution in [3.63, 3.8) is 0 Å². The summed E-state index contributed by atoms with van der Waals surface area (Å²) in [7, 11) is 0. The molecule has 0 spiro atoms. The van der Waals surface area contributed by atoms with Gasteiger partial charge in [-0.25, -0.2) is 0 Å². The van der Waals surface area contributed by atoms with Gasteiger partial charge in [0.15, 0.2) is 6.61 Å². The maximum atomic E-state index is 12.7. The van der Waals surface area contributed by atoms with E-state index >= 15 is 0 Å². The third-order valence-electron chi connectivity index (χ3n) is 4.32. The Morgan fingerprint density at radius 2 is 1.93 bits per heavy atom. The molecule has 1 fully saturated rings. The van der Waals surface area contributed by atoms with Crippen LogP contribution in [0.15, 0.2) is 48.5 Å². The molecule has 0 radical (unpaired) electrons. The lowest BCUT2D eigenvalue weighted by atomic mass is 10.2. The van der Waals surface area contributed by atoms with Gasteiger partial charge in [0.05, 0.1) is 5.56 Å². The molecule has 0 saturated carbocycles. The van der Waals surface area contributed by atoms with Crippen molar-refractivity contribution in [1.82, 2.24) is 5.32 Å². The van der Waals surface area contributed by atoms with E-state index in [-0.39, 0.29) is 18.2 Å². The summed E-state index contributed by atoms with van der Waals surface area (Å²) in [6.45, 7) is 0.506. The van der Waals surface area contributed by atoms with Crippen LogP contribution in [0.25, 0.3) is 0 Å². The first-order valence-electron chi connectivity index (χ1n) is 8.79. The average molecular weight is 392 g/mol. The van der Waals surface area contributed by atoms with E-state index < -0.39 is 24.3 Å². The van der Waals surface area contributed by atoms with Crippen LogP contribution in [0, 0.1) is 0 Å². The van der Waals surface area contributed by atoms with Crippen molar-refractivity contribution in [1.29, 1.82) is 0 Å². The fourth-order valence-corrected chi connectivity index (χ4v) is 2.92. The number of nitrogens with one attached hydrogen (secondary N) is 1. The highest BCUT2D eigenvalue weighted by Gasteiger charge is 2.30. The fourth-order valence-electron chi connectivity index (χ4n) is 2.92. The number of hydrogen-bond donors (Lipinski definition) is 1. The van der Waals surface area contributed by atoms with Gasteiger partial charge in [0, 0.05) is 25.2 Å². The minimum atomic E-state index is -4.47. The number of carbonyl (C=O) groups excluding carboxylic acids is 2. The summed E-state index contributed by atoms with van der Waals surface area (Å²) in [6.07, 6.45) is -3.11. The first kappa shape index (κ1) is 19.7. The Hall–Kier alpha value is -3.03. The molecule has 148 valence electrons. The number of alkyl halides is 3. The van der Waals surface area contributed by atoms with E-state index in [0.29, 0.717) is 13.0 Å². The molecule has 5 nitrogen and oxygen atoms in total. The quantitative estimate of drug-likeness (QED) is 0.818. The average Bonchev–Trinajstić information content (AvgIpc) is 3.10. The van der Waals surface area contributed by atoms with Crippen LogP contribution in [0.2, 0.25) is 0 Å². The Bertz CT molecular complexity index is 868. The van der Waals surface area contributed by atoms with E-state index in [4.69, 9.17) is 4.74 Å². The molecule has 2 aromatic carbocycles. The van der Waals surface area contributed by atoms with Crippen LogP contribution < -0.4 is 15.0 Å². The van der Waals surface area contributed by atoms with E-state index in [1.165, 1.54) is 12.1 Å². The number of carbonyl (C=O) groups is 2. The Balaban J connectivity index is 1.52. The smallest absolute Gasteiger partial charge is 0.416 e. The molecule has 8 heteroatoms. The van der Waals surface area contributed by atoms with Crippen molar-refractivity contribution in [2.75, 3.05) is 18.1 Å². The van der Waals surface area contributed by atoms with Crippen LogP contribution in [0.3, 0.4) is 0 Å². The summed E-state index contributed by atoms with van der Waals surface area (Å²) >= 11 is 0. The fraction of sp³-hybridized carbons (Fsp3) is 0.300. The second kappa shape index (κ2) is 8.33. The van der Waals surface area contributed by atoms with Crippen molar-refractivity contribution in [3.8, 4) is 5.75 Å². The minimum Gasteiger partial charge on any atom is -0.484 e. The second-order valence-electron chi connectivity index (χ2n) is 6.41. The first-order chi connectivity index (χ1) is 13.3. The highest BCUT2D eigenvalue weighted by molar-refractivity contribution is 5.95. The topological polar surface area (TPSA) is 58.6 Å². The van der Waals surface area contributed by atoms with E-state index in [1.807, 2.05) is 24.3 Å². The van der Waals surface area contributed by atoms with Crippen LogP contribution in [-0.2, 0) is 22.3 Å². The van der Waals surface area contributed by atoms with Gasteiger partial charge in [0.25, 0.3) is 5.91 Å². The summed E-state index contributed by atoms with van der Waals surface area (Å²) in [5.41, 5.74) is 0.762. The molecular formula is C20H19F3N2O3. The van der Waals surface area contributed by atoms with Gasteiger partial charge < -0.3 is 15.0 Å². The molecule has 0 bridgehead atoms. The molecule has 0 aliphatic carbocycles. The van der Waals surface area contributed by atoms with E-state index in [0.717, 1.165) is 29.8 Å². The number of ether oxygens (including phenoxy) is 1. The first-order valence-corrected chi connectivity index (χ1v) is 8.79. The summed E-state index contributed by atoms with van der Waals surface area (Å²) in [5.74, 6) is -0.407. The predicted octanol–water partition coefficient (Wildman–Crippen LogP) is 3.53. The molecule has 0 aromatic heterocycles. The molecule has 0 atom stereocenters. The summed E-state index contributed by atoms with van der Waals surface area (Å²) in [4.78, 5) is 25.5. The maximum Gasteiger partial charge on any atom is 0.416 e. The predicted molar refractivity (Wildman–Crippen MR) is 96.8 cm³/mol. The van der Waals surface area contributed by atoms with E-state index in [9.17, 15) is 22.8 Å². The van der Waals surface area contributed by atoms with Gasteiger partial charge in [0.2, 0.25) is 5.91 Å². The molecule has 3 rings (SSSR count). The number of anilines is 1. The molecular weight excluding hydrogens is 373 g/mol. The number of nitrogens with zero attached hydrogens (tertiary/aromatic N) is 1. The largest absolute Gasteiger partial charge is 0.484 e.